The first-order valence-electron chi connectivity index (χ1n) is 11.6. The summed E-state index contributed by atoms with van der Waals surface area (Å²) in [4.78, 5) is 2.45. The summed E-state index contributed by atoms with van der Waals surface area (Å²) in [6.45, 7) is 6.18. The molecule has 4 heteroatoms. The van der Waals surface area contributed by atoms with E-state index >= 15 is 0 Å². The molecule has 1 fully saturated rings. The van der Waals surface area contributed by atoms with Crippen molar-refractivity contribution >= 4 is 22.6 Å². The van der Waals surface area contributed by atoms with E-state index in [9.17, 15) is 5.11 Å². The molecule has 1 heterocycles. The number of benzene rings is 3. The largest absolute Gasteiger partial charge is 0.492 e. The Kier molecular flexibility index (Phi) is 7.87. The summed E-state index contributed by atoms with van der Waals surface area (Å²) in [7, 11) is 0. The van der Waals surface area contributed by atoms with E-state index in [1.807, 2.05) is 54.6 Å². The maximum absolute atomic E-state index is 12.3. The number of hydrogen-bond acceptors (Lipinski definition) is 3. The Bertz CT molecular complexity index is 969. The average molecular weight is 541 g/mol. The fraction of sp³-hybridized carbons (Fsp3) is 0.357. The molecule has 0 saturated carbocycles. The van der Waals surface area contributed by atoms with Crippen LogP contribution < -0.4 is 4.74 Å². The quantitative estimate of drug-likeness (QED) is 0.328. The molecule has 32 heavy (non-hydrogen) atoms. The molecule has 1 N–H and O–H groups in total. The molecule has 0 aliphatic carbocycles. The highest BCUT2D eigenvalue weighted by molar-refractivity contribution is 14.1. The Morgan fingerprint density at radius 2 is 1.50 bits per heavy atom. The number of hydrogen-bond donors (Lipinski definition) is 1. The number of likely N-dealkylation sites (tertiary alicyclic amines) is 1. The van der Waals surface area contributed by atoms with Crippen molar-refractivity contribution < 1.29 is 9.84 Å². The van der Waals surface area contributed by atoms with Crippen molar-refractivity contribution in [1.82, 2.24) is 4.90 Å². The van der Waals surface area contributed by atoms with Crippen LogP contribution in [-0.2, 0) is 5.60 Å². The number of rotatable bonds is 9. The van der Waals surface area contributed by atoms with Gasteiger partial charge in [-0.25, -0.2) is 0 Å². The molecule has 0 spiro atoms. The smallest absolute Gasteiger partial charge is 0.121 e. The third-order valence-electron chi connectivity index (χ3n) is 6.57. The lowest BCUT2D eigenvalue weighted by molar-refractivity contribution is 0.0476. The molecule has 0 bridgehead atoms. The van der Waals surface area contributed by atoms with Gasteiger partial charge in [0.25, 0.3) is 0 Å². The Labute approximate surface area is 205 Å². The van der Waals surface area contributed by atoms with Crippen molar-refractivity contribution in [3.63, 3.8) is 0 Å². The molecule has 2 unspecified atom stereocenters. The van der Waals surface area contributed by atoms with Crippen LogP contribution in [0.25, 0.3) is 0 Å². The molecule has 3 aromatic rings. The van der Waals surface area contributed by atoms with Gasteiger partial charge in [-0.1, -0.05) is 61.5 Å². The monoisotopic (exact) mass is 541 g/mol. The van der Waals surface area contributed by atoms with Crippen LogP contribution in [0.2, 0.25) is 0 Å². The topological polar surface area (TPSA) is 32.7 Å². The molecule has 3 aromatic carbocycles. The maximum atomic E-state index is 12.3. The van der Waals surface area contributed by atoms with Gasteiger partial charge >= 0.3 is 0 Å². The van der Waals surface area contributed by atoms with Crippen molar-refractivity contribution in [2.75, 3.05) is 26.2 Å². The first kappa shape index (κ1) is 23.3. The van der Waals surface area contributed by atoms with Gasteiger partial charge in [0.1, 0.15) is 18.0 Å². The van der Waals surface area contributed by atoms with Crippen LogP contribution in [-0.4, -0.2) is 36.2 Å². The molecule has 1 saturated heterocycles. The van der Waals surface area contributed by atoms with Crippen LogP contribution in [0.5, 0.6) is 5.75 Å². The van der Waals surface area contributed by atoms with Gasteiger partial charge in [0.2, 0.25) is 0 Å². The second-order valence-electron chi connectivity index (χ2n) is 8.57. The molecule has 3 nitrogen and oxygen atoms in total. The van der Waals surface area contributed by atoms with Crippen molar-refractivity contribution in [2.45, 2.75) is 37.7 Å². The van der Waals surface area contributed by atoms with Crippen LogP contribution in [0, 0.1) is 3.57 Å². The van der Waals surface area contributed by atoms with E-state index in [0.29, 0.717) is 6.61 Å². The number of nitrogens with zero attached hydrogens (tertiary/aromatic N) is 1. The van der Waals surface area contributed by atoms with E-state index in [4.69, 9.17) is 4.74 Å². The van der Waals surface area contributed by atoms with Crippen molar-refractivity contribution in [3.05, 3.63) is 99.1 Å². The minimum atomic E-state index is -1.13. The molecule has 1 aliphatic heterocycles. The Morgan fingerprint density at radius 3 is 2.09 bits per heavy atom. The molecule has 168 valence electrons. The van der Waals surface area contributed by atoms with Gasteiger partial charge < -0.3 is 9.84 Å². The summed E-state index contributed by atoms with van der Waals surface area (Å²) in [5.41, 5.74) is 1.81. The Morgan fingerprint density at radius 1 is 0.906 bits per heavy atom. The number of halogens is 1. The first-order valence-corrected chi connectivity index (χ1v) is 12.7. The highest BCUT2D eigenvalue weighted by Crippen LogP contribution is 2.44. The molecule has 2 atom stereocenters. The third kappa shape index (κ3) is 5.19. The number of aliphatic hydroxyl groups is 1. The van der Waals surface area contributed by atoms with Crippen LogP contribution in [0.15, 0.2) is 78.9 Å². The average Bonchev–Trinajstić information content (AvgIpc) is 3.34. The van der Waals surface area contributed by atoms with Crippen molar-refractivity contribution in [3.8, 4) is 5.75 Å². The van der Waals surface area contributed by atoms with Crippen LogP contribution >= 0.6 is 22.6 Å². The Hall–Kier alpha value is -1.89. The van der Waals surface area contributed by atoms with Crippen LogP contribution in [0.3, 0.4) is 0 Å². The second-order valence-corrected chi connectivity index (χ2v) is 9.81. The Balaban J connectivity index is 1.61. The summed E-state index contributed by atoms with van der Waals surface area (Å²) < 4.78 is 7.16. The normalized spacial score (nSPS) is 17.1. The highest BCUT2D eigenvalue weighted by atomic mass is 127. The maximum Gasteiger partial charge on any atom is 0.121 e. The van der Waals surface area contributed by atoms with Gasteiger partial charge in [-0.05, 0) is 95.9 Å². The van der Waals surface area contributed by atoms with Gasteiger partial charge in [-0.3, -0.25) is 4.90 Å². The summed E-state index contributed by atoms with van der Waals surface area (Å²) in [5, 5.41) is 12.3. The van der Waals surface area contributed by atoms with Gasteiger partial charge in [0.05, 0.1) is 0 Å². The molecule has 0 aromatic heterocycles. The zero-order valence-corrected chi connectivity index (χ0v) is 20.9. The van der Waals surface area contributed by atoms with E-state index in [1.54, 1.807) is 0 Å². The summed E-state index contributed by atoms with van der Waals surface area (Å²) >= 11 is 2.31. The number of ether oxygens (including phenoxy) is 1. The zero-order valence-electron chi connectivity index (χ0n) is 18.7. The zero-order chi connectivity index (χ0) is 22.4. The van der Waals surface area contributed by atoms with Gasteiger partial charge in [0, 0.05) is 16.0 Å². The lowest BCUT2D eigenvalue weighted by Gasteiger charge is -2.37. The summed E-state index contributed by atoms with van der Waals surface area (Å²) in [6.07, 6.45) is 3.41. The SMILES string of the molecule is CCC(c1ccccc1)C(O)(c1ccc(I)cc1)c1ccc(OCCN2CCCC2)cc1. The van der Waals surface area contributed by atoms with Gasteiger partial charge in [-0.2, -0.15) is 0 Å². The predicted molar refractivity (Wildman–Crippen MR) is 139 cm³/mol. The molecular formula is C28H32INO2. The summed E-state index contributed by atoms with van der Waals surface area (Å²) in [6, 6.07) is 26.6. The van der Waals surface area contributed by atoms with E-state index in [2.05, 4.69) is 58.7 Å². The minimum Gasteiger partial charge on any atom is -0.492 e. The van der Waals surface area contributed by atoms with E-state index < -0.39 is 5.60 Å². The molecule has 1 aliphatic rings. The van der Waals surface area contributed by atoms with Gasteiger partial charge in [0.15, 0.2) is 0 Å². The van der Waals surface area contributed by atoms with E-state index in [1.165, 1.54) is 25.9 Å². The standard InChI is InChI=1S/C28H32INO2/c1-2-27(22-8-4-3-5-9-22)28(31,23-10-14-25(29)15-11-23)24-12-16-26(17-13-24)32-21-20-30-18-6-7-19-30/h3-5,8-17,27,31H,2,6-7,18-21H2,1H3. The van der Waals surface area contributed by atoms with Gasteiger partial charge in [-0.15, -0.1) is 0 Å². The second kappa shape index (κ2) is 10.8. The van der Waals surface area contributed by atoms with E-state index in [0.717, 1.165) is 39.0 Å². The molecule has 0 radical (unpaired) electrons. The first-order chi connectivity index (χ1) is 15.6. The molecule has 0 amide bonds. The van der Waals surface area contributed by atoms with Crippen molar-refractivity contribution in [2.24, 2.45) is 0 Å². The molecule has 4 rings (SSSR count). The lowest BCUT2D eigenvalue weighted by Crippen LogP contribution is -2.35. The third-order valence-corrected chi connectivity index (χ3v) is 7.29. The fourth-order valence-corrected chi connectivity index (χ4v) is 5.19. The van der Waals surface area contributed by atoms with Crippen LogP contribution in [0.1, 0.15) is 48.8 Å². The van der Waals surface area contributed by atoms with Crippen LogP contribution in [0.4, 0.5) is 0 Å². The fourth-order valence-electron chi connectivity index (χ4n) is 4.83. The predicted octanol–water partition coefficient (Wildman–Crippen LogP) is 6.20. The van der Waals surface area contributed by atoms with Crippen molar-refractivity contribution in [1.29, 1.82) is 0 Å². The minimum absolute atomic E-state index is 0.0642. The summed E-state index contributed by atoms with van der Waals surface area (Å²) in [5.74, 6) is 0.788. The van der Waals surface area contributed by atoms with E-state index in [-0.39, 0.29) is 5.92 Å². The molecular weight excluding hydrogens is 509 g/mol. The highest BCUT2D eigenvalue weighted by Gasteiger charge is 2.40. The lowest BCUT2D eigenvalue weighted by atomic mass is 9.72.